The fraction of sp³-hybridized carbons (Fsp3) is 1.00. The van der Waals surface area contributed by atoms with Crippen molar-refractivity contribution in [2.75, 3.05) is 0 Å². The molecule has 1 N–H and O–H groups in total. The van der Waals surface area contributed by atoms with Crippen molar-refractivity contribution >= 4 is 0 Å². The summed E-state index contributed by atoms with van der Waals surface area (Å²) in [4.78, 5) is 0. The molecule has 5 unspecified atom stereocenters. The third-order valence-electron chi connectivity index (χ3n) is 4.63. The van der Waals surface area contributed by atoms with Gasteiger partial charge in [0.2, 0.25) is 0 Å². The topological polar surface area (TPSA) is 12.0 Å². The summed E-state index contributed by atoms with van der Waals surface area (Å²) in [7, 11) is 0. The highest BCUT2D eigenvalue weighted by Crippen LogP contribution is 2.50. The van der Waals surface area contributed by atoms with Gasteiger partial charge in [-0.25, -0.2) is 0 Å². The van der Waals surface area contributed by atoms with Gasteiger partial charge in [-0.15, -0.1) is 0 Å². The van der Waals surface area contributed by atoms with Crippen LogP contribution in [-0.4, -0.2) is 12.1 Å². The molecular formula is C12H21N. The average Bonchev–Trinajstić information content (AvgIpc) is 2.90. The van der Waals surface area contributed by atoms with Crippen LogP contribution in [0.5, 0.6) is 0 Å². The molecule has 0 aromatic heterocycles. The summed E-state index contributed by atoms with van der Waals surface area (Å²) < 4.78 is 0. The first-order valence-electron chi connectivity index (χ1n) is 6.10. The van der Waals surface area contributed by atoms with E-state index in [-0.39, 0.29) is 0 Å². The molecule has 3 saturated carbocycles. The molecule has 3 aliphatic rings. The Bertz CT molecular complexity index is 201. The number of fused-ring (bicyclic) bond motifs is 1. The molecule has 5 atom stereocenters. The SMILES string of the molecule is CC1CCC1NC1CCCC2CC21. The summed E-state index contributed by atoms with van der Waals surface area (Å²) in [5, 5.41) is 3.90. The monoisotopic (exact) mass is 179 g/mol. The van der Waals surface area contributed by atoms with Gasteiger partial charge in [0.05, 0.1) is 0 Å². The third-order valence-corrected chi connectivity index (χ3v) is 4.63. The van der Waals surface area contributed by atoms with Crippen LogP contribution in [0.2, 0.25) is 0 Å². The number of rotatable bonds is 2. The lowest BCUT2D eigenvalue weighted by molar-refractivity contribution is 0.187. The highest BCUT2D eigenvalue weighted by Gasteiger charge is 2.46. The quantitative estimate of drug-likeness (QED) is 0.687. The minimum Gasteiger partial charge on any atom is -0.311 e. The van der Waals surface area contributed by atoms with E-state index in [4.69, 9.17) is 0 Å². The van der Waals surface area contributed by atoms with Gasteiger partial charge in [-0.05, 0) is 43.4 Å². The Labute approximate surface area is 81.3 Å². The summed E-state index contributed by atoms with van der Waals surface area (Å²) in [5.74, 6) is 3.17. The molecule has 74 valence electrons. The van der Waals surface area contributed by atoms with Gasteiger partial charge in [-0.3, -0.25) is 0 Å². The molecule has 0 spiro atoms. The molecule has 0 amide bonds. The van der Waals surface area contributed by atoms with E-state index in [1.165, 1.54) is 32.1 Å². The van der Waals surface area contributed by atoms with Gasteiger partial charge >= 0.3 is 0 Å². The molecule has 0 bridgehead atoms. The highest BCUT2D eigenvalue weighted by molar-refractivity contribution is 5.00. The average molecular weight is 179 g/mol. The fourth-order valence-electron chi connectivity index (χ4n) is 3.31. The van der Waals surface area contributed by atoms with Crippen LogP contribution in [0.1, 0.15) is 45.4 Å². The second-order valence-corrected chi connectivity index (χ2v) is 5.52. The Morgan fingerprint density at radius 3 is 2.62 bits per heavy atom. The first-order valence-corrected chi connectivity index (χ1v) is 6.10. The van der Waals surface area contributed by atoms with Crippen molar-refractivity contribution in [3.63, 3.8) is 0 Å². The molecule has 13 heavy (non-hydrogen) atoms. The Balaban J connectivity index is 1.54. The normalized spacial score (nSPS) is 53.8. The standard InChI is InChI=1S/C12H21N/c1-8-5-6-11(8)13-12-4-2-3-9-7-10(9)12/h8-13H,2-7H2,1H3. The predicted octanol–water partition coefficient (Wildman–Crippen LogP) is 2.56. The zero-order chi connectivity index (χ0) is 8.84. The zero-order valence-electron chi connectivity index (χ0n) is 8.63. The van der Waals surface area contributed by atoms with E-state index in [0.29, 0.717) is 0 Å². The van der Waals surface area contributed by atoms with Crippen LogP contribution in [0.3, 0.4) is 0 Å². The van der Waals surface area contributed by atoms with Crippen molar-refractivity contribution in [2.24, 2.45) is 17.8 Å². The molecule has 0 heterocycles. The van der Waals surface area contributed by atoms with Gasteiger partial charge in [0.1, 0.15) is 0 Å². The first kappa shape index (κ1) is 8.28. The Morgan fingerprint density at radius 1 is 1.00 bits per heavy atom. The van der Waals surface area contributed by atoms with Crippen LogP contribution in [0.15, 0.2) is 0 Å². The Kier molecular flexibility index (Phi) is 1.90. The summed E-state index contributed by atoms with van der Waals surface area (Å²) >= 11 is 0. The molecular weight excluding hydrogens is 158 g/mol. The zero-order valence-corrected chi connectivity index (χ0v) is 8.63. The van der Waals surface area contributed by atoms with Crippen LogP contribution in [-0.2, 0) is 0 Å². The second kappa shape index (κ2) is 2.98. The van der Waals surface area contributed by atoms with Crippen LogP contribution in [0, 0.1) is 17.8 Å². The van der Waals surface area contributed by atoms with Gasteiger partial charge in [-0.1, -0.05) is 19.8 Å². The van der Waals surface area contributed by atoms with E-state index in [0.717, 1.165) is 29.8 Å². The Morgan fingerprint density at radius 2 is 1.92 bits per heavy atom. The van der Waals surface area contributed by atoms with E-state index in [2.05, 4.69) is 12.2 Å². The summed E-state index contributed by atoms with van der Waals surface area (Å²) in [6.45, 7) is 2.40. The molecule has 0 radical (unpaired) electrons. The molecule has 0 aromatic rings. The smallest absolute Gasteiger partial charge is 0.0101 e. The summed E-state index contributed by atoms with van der Waals surface area (Å²) in [5.41, 5.74) is 0. The van der Waals surface area contributed by atoms with Crippen molar-refractivity contribution in [1.29, 1.82) is 0 Å². The van der Waals surface area contributed by atoms with E-state index in [1.54, 1.807) is 6.42 Å². The second-order valence-electron chi connectivity index (χ2n) is 5.52. The molecule has 3 rings (SSSR count). The largest absolute Gasteiger partial charge is 0.311 e. The van der Waals surface area contributed by atoms with Crippen LogP contribution >= 0.6 is 0 Å². The van der Waals surface area contributed by atoms with Crippen LogP contribution in [0.4, 0.5) is 0 Å². The van der Waals surface area contributed by atoms with Crippen LogP contribution < -0.4 is 5.32 Å². The maximum Gasteiger partial charge on any atom is 0.0101 e. The molecule has 3 aliphatic carbocycles. The van der Waals surface area contributed by atoms with E-state index < -0.39 is 0 Å². The van der Waals surface area contributed by atoms with Gasteiger partial charge in [0.15, 0.2) is 0 Å². The van der Waals surface area contributed by atoms with Crippen LogP contribution in [0.25, 0.3) is 0 Å². The molecule has 0 aromatic carbocycles. The minimum atomic E-state index is 0.879. The lowest BCUT2D eigenvalue weighted by Crippen LogP contribution is -2.49. The van der Waals surface area contributed by atoms with Crippen molar-refractivity contribution in [2.45, 2.75) is 57.5 Å². The maximum atomic E-state index is 3.90. The van der Waals surface area contributed by atoms with Crippen molar-refractivity contribution in [1.82, 2.24) is 5.32 Å². The van der Waals surface area contributed by atoms with Gasteiger partial charge < -0.3 is 5.32 Å². The Hall–Kier alpha value is -0.0400. The van der Waals surface area contributed by atoms with Gasteiger partial charge in [0, 0.05) is 12.1 Å². The first-order chi connectivity index (χ1) is 6.34. The maximum absolute atomic E-state index is 3.90. The molecule has 1 nitrogen and oxygen atoms in total. The lowest BCUT2D eigenvalue weighted by Gasteiger charge is -2.38. The van der Waals surface area contributed by atoms with Crippen molar-refractivity contribution in [3.8, 4) is 0 Å². The van der Waals surface area contributed by atoms with Gasteiger partial charge in [-0.2, -0.15) is 0 Å². The highest BCUT2D eigenvalue weighted by atomic mass is 15.0. The summed E-state index contributed by atoms with van der Waals surface area (Å²) in [6.07, 6.45) is 8.92. The number of hydrogen-bond donors (Lipinski definition) is 1. The predicted molar refractivity (Wildman–Crippen MR) is 54.6 cm³/mol. The van der Waals surface area contributed by atoms with Gasteiger partial charge in [0.25, 0.3) is 0 Å². The molecule has 3 fully saturated rings. The lowest BCUT2D eigenvalue weighted by atomic mass is 9.80. The summed E-state index contributed by atoms with van der Waals surface area (Å²) in [6, 6.07) is 1.79. The fourth-order valence-corrected chi connectivity index (χ4v) is 3.31. The van der Waals surface area contributed by atoms with E-state index in [9.17, 15) is 0 Å². The molecule has 0 saturated heterocycles. The van der Waals surface area contributed by atoms with Crippen molar-refractivity contribution in [3.05, 3.63) is 0 Å². The number of hydrogen-bond acceptors (Lipinski definition) is 1. The third kappa shape index (κ3) is 1.41. The molecule has 1 heteroatoms. The molecule has 0 aliphatic heterocycles. The van der Waals surface area contributed by atoms with Crippen molar-refractivity contribution < 1.29 is 0 Å². The number of nitrogens with one attached hydrogen (secondary N) is 1. The minimum absolute atomic E-state index is 0.879. The van der Waals surface area contributed by atoms with E-state index in [1.807, 2.05) is 0 Å². The van der Waals surface area contributed by atoms with E-state index >= 15 is 0 Å².